The van der Waals surface area contributed by atoms with Crippen LogP contribution in [0.25, 0.3) is 0 Å². The maximum atomic E-state index is 11.9. The lowest BCUT2D eigenvalue weighted by Gasteiger charge is -2.13. The van der Waals surface area contributed by atoms with Gasteiger partial charge in [-0.3, -0.25) is 4.79 Å². The Morgan fingerprint density at radius 3 is 2.81 bits per heavy atom. The predicted molar refractivity (Wildman–Crippen MR) is 68.5 cm³/mol. The first-order valence-electron chi connectivity index (χ1n) is 5.10. The molecule has 1 atom stereocenters. The van der Waals surface area contributed by atoms with Crippen molar-refractivity contribution in [3.05, 3.63) is 29.3 Å². The molecule has 0 spiro atoms. The number of amides is 1. The molecule has 1 N–H and O–H groups in total. The molecular formula is C12H16BrNO2. The minimum Gasteiger partial charge on any atom is -0.496 e. The molecule has 1 unspecified atom stereocenters. The zero-order chi connectivity index (χ0) is 12.1. The Labute approximate surface area is 104 Å². The number of carbonyl (C=O) groups is 1. The minimum absolute atomic E-state index is 0.0951. The van der Waals surface area contributed by atoms with Crippen molar-refractivity contribution in [3.8, 4) is 5.75 Å². The lowest BCUT2D eigenvalue weighted by atomic mass is 10.1. The molecule has 88 valence electrons. The van der Waals surface area contributed by atoms with E-state index in [0.717, 1.165) is 10.9 Å². The largest absolute Gasteiger partial charge is 0.496 e. The van der Waals surface area contributed by atoms with Crippen LogP contribution in [0.2, 0.25) is 0 Å². The van der Waals surface area contributed by atoms with E-state index in [9.17, 15) is 4.79 Å². The van der Waals surface area contributed by atoms with Crippen molar-refractivity contribution in [1.29, 1.82) is 0 Å². The monoisotopic (exact) mass is 285 g/mol. The van der Waals surface area contributed by atoms with Gasteiger partial charge < -0.3 is 10.1 Å². The number of rotatable bonds is 4. The van der Waals surface area contributed by atoms with Crippen LogP contribution in [0, 0.1) is 6.92 Å². The second-order valence-electron chi connectivity index (χ2n) is 3.73. The molecule has 0 aliphatic carbocycles. The van der Waals surface area contributed by atoms with Crippen LogP contribution in [0.3, 0.4) is 0 Å². The van der Waals surface area contributed by atoms with Gasteiger partial charge in [-0.2, -0.15) is 0 Å². The van der Waals surface area contributed by atoms with Gasteiger partial charge in [0, 0.05) is 11.4 Å². The van der Waals surface area contributed by atoms with Gasteiger partial charge in [-0.1, -0.05) is 27.6 Å². The van der Waals surface area contributed by atoms with Crippen LogP contribution >= 0.6 is 15.9 Å². The molecule has 0 saturated carbocycles. The first kappa shape index (κ1) is 13.0. The van der Waals surface area contributed by atoms with Crippen LogP contribution in [0.1, 0.15) is 22.8 Å². The lowest BCUT2D eigenvalue weighted by Crippen LogP contribution is -2.33. The van der Waals surface area contributed by atoms with Crippen molar-refractivity contribution >= 4 is 21.8 Å². The molecule has 0 aromatic heterocycles. The Morgan fingerprint density at radius 1 is 1.56 bits per heavy atom. The van der Waals surface area contributed by atoms with Gasteiger partial charge >= 0.3 is 0 Å². The lowest BCUT2D eigenvalue weighted by molar-refractivity contribution is 0.0941. The number of alkyl halides is 1. The Hall–Kier alpha value is -1.03. The maximum Gasteiger partial charge on any atom is 0.255 e. The van der Waals surface area contributed by atoms with Crippen molar-refractivity contribution in [2.24, 2.45) is 0 Å². The van der Waals surface area contributed by atoms with E-state index >= 15 is 0 Å². The van der Waals surface area contributed by atoms with Gasteiger partial charge in [0.05, 0.1) is 12.7 Å². The normalized spacial score (nSPS) is 12.0. The first-order valence-corrected chi connectivity index (χ1v) is 6.22. The average molecular weight is 286 g/mol. The van der Waals surface area contributed by atoms with Gasteiger partial charge in [0.25, 0.3) is 5.91 Å². The Bertz CT molecular complexity index is 379. The van der Waals surface area contributed by atoms with E-state index in [1.165, 1.54) is 0 Å². The van der Waals surface area contributed by atoms with Gasteiger partial charge in [-0.15, -0.1) is 0 Å². The van der Waals surface area contributed by atoms with E-state index in [2.05, 4.69) is 21.2 Å². The summed E-state index contributed by atoms with van der Waals surface area (Å²) in [5.41, 5.74) is 1.62. The van der Waals surface area contributed by atoms with Gasteiger partial charge in [0.1, 0.15) is 5.75 Å². The summed E-state index contributed by atoms with van der Waals surface area (Å²) in [6.45, 7) is 3.89. The third kappa shape index (κ3) is 3.23. The number of aryl methyl sites for hydroxylation is 1. The van der Waals surface area contributed by atoms with E-state index in [4.69, 9.17) is 4.74 Å². The summed E-state index contributed by atoms with van der Waals surface area (Å²) in [5, 5.41) is 3.61. The highest BCUT2D eigenvalue weighted by Crippen LogP contribution is 2.19. The number of halogens is 1. The third-order valence-electron chi connectivity index (χ3n) is 2.21. The topological polar surface area (TPSA) is 38.3 Å². The van der Waals surface area contributed by atoms with E-state index in [1.807, 2.05) is 32.0 Å². The number of hydrogen-bond donors (Lipinski definition) is 1. The van der Waals surface area contributed by atoms with Crippen LogP contribution in [0.4, 0.5) is 0 Å². The second kappa shape index (κ2) is 5.89. The fourth-order valence-electron chi connectivity index (χ4n) is 1.34. The standard InChI is InChI=1S/C12H16BrNO2/c1-8-4-5-11(16-3)10(6-8)12(15)14-9(2)7-13/h4-6,9H,7H2,1-3H3,(H,14,15). The molecule has 1 amide bonds. The number of carbonyl (C=O) groups excluding carboxylic acids is 1. The van der Waals surface area contributed by atoms with Crippen molar-refractivity contribution in [2.45, 2.75) is 19.9 Å². The Morgan fingerprint density at radius 2 is 2.25 bits per heavy atom. The fourth-order valence-corrected chi connectivity index (χ4v) is 1.50. The molecule has 0 bridgehead atoms. The van der Waals surface area contributed by atoms with Crippen LogP contribution in [0.5, 0.6) is 5.75 Å². The predicted octanol–water partition coefficient (Wildman–Crippen LogP) is 2.52. The molecule has 0 radical (unpaired) electrons. The molecule has 4 heteroatoms. The zero-order valence-electron chi connectivity index (χ0n) is 9.71. The van der Waals surface area contributed by atoms with Gasteiger partial charge in [-0.25, -0.2) is 0 Å². The molecule has 1 aromatic rings. The smallest absolute Gasteiger partial charge is 0.255 e. The first-order chi connectivity index (χ1) is 7.58. The summed E-state index contributed by atoms with van der Waals surface area (Å²) in [5.74, 6) is 0.498. The van der Waals surface area contributed by atoms with Crippen LogP contribution < -0.4 is 10.1 Å². The zero-order valence-corrected chi connectivity index (χ0v) is 11.3. The van der Waals surface area contributed by atoms with E-state index in [1.54, 1.807) is 7.11 Å². The number of nitrogens with one attached hydrogen (secondary N) is 1. The number of ether oxygens (including phenoxy) is 1. The summed E-state index contributed by atoms with van der Waals surface area (Å²) in [6.07, 6.45) is 0. The van der Waals surface area contributed by atoms with Crippen molar-refractivity contribution in [2.75, 3.05) is 12.4 Å². The molecular weight excluding hydrogens is 270 g/mol. The maximum absolute atomic E-state index is 11.9. The molecule has 3 nitrogen and oxygen atoms in total. The average Bonchev–Trinajstić information content (AvgIpc) is 2.28. The van der Waals surface area contributed by atoms with E-state index < -0.39 is 0 Å². The van der Waals surface area contributed by atoms with Crippen LogP contribution in [0.15, 0.2) is 18.2 Å². The number of benzene rings is 1. The highest BCUT2D eigenvalue weighted by Gasteiger charge is 2.13. The highest BCUT2D eigenvalue weighted by molar-refractivity contribution is 9.09. The summed E-state index contributed by atoms with van der Waals surface area (Å²) < 4.78 is 5.16. The quantitative estimate of drug-likeness (QED) is 0.864. The van der Waals surface area contributed by atoms with Gasteiger partial charge in [0.2, 0.25) is 0 Å². The third-order valence-corrected chi connectivity index (χ3v) is 3.18. The van der Waals surface area contributed by atoms with Crippen molar-refractivity contribution in [3.63, 3.8) is 0 Å². The van der Waals surface area contributed by atoms with Gasteiger partial charge in [-0.05, 0) is 26.0 Å². The SMILES string of the molecule is COc1ccc(C)cc1C(=O)NC(C)CBr. The molecule has 1 aromatic carbocycles. The molecule has 0 fully saturated rings. The fraction of sp³-hybridized carbons (Fsp3) is 0.417. The minimum atomic E-state index is -0.104. The second-order valence-corrected chi connectivity index (χ2v) is 4.38. The highest BCUT2D eigenvalue weighted by atomic mass is 79.9. The van der Waals surface area contributed by atoms with Crippen molar-refractivity contribution in [1.82, 2.24) is 5.32 Å². The van der Waals surface area contributed by atoms with Crippen LogP contribution in [-0.4, -0.2) is 24.4 Å². The molecule has 0 saturated heterocycles. The van der Waals surface area contributed by atoms with Crippen LogP contribution in [-0.2, 0) is 0 Å². The van der Waals surface area contributed by atoms with Gasteiger partial charge in [0.15, 0.2) is 0 Å². The summed E-state index contributed by atoms with van der Waals surface area (Å²) in [6, 6.07) is 5.65. The number of hydrogen-bond acceptors (Lipinski definition) is 2. The molecule has 0 heterocycles. The molecule has 1 rings (SSSR count). The van der Waals surface area contributed by atoms with E-state index in [0.29, 0.717) is 11.3 Å². The van der Waals surface area contributed by atoms with Crippen molar-refractivity contribution < 1.29 is 9.53 Å². The molecule has 0 aliphatic rings. The summed E-state index contributed by atoms with van der Waals surface area (Å²) in [4.78, 5) is 11.9. The number of methoxy groups -OCH3 is 1. The molecule has 0 aliphatic heterocycles. The Kier molecular flexibility index (Phi) is 4.80. The molecule has 16 heavy (non-hydrogen) atoms. The summed E-state index contributed by atoms with van der Waals surface area (Å²) >= 11 is 3.32. The Balaban J connectivity index is 2.93. The summed E-state index contributed by atoms with van der Waals surface area (Å²) in [7, 11) is 1.56. The van der Waals surface area contributed by atoms with E-state index in [-0.39, 0.29) is 11.9 Å².